The largest absolute Gasteiger partial charge is 0.306 e. The van der Waals surface area contributed by atoms with Crippen molar-refractivity contribution in [2.24, 2.45) is 7.05 Å². The third-order valence-electron chi connectivity index (χ3n) is 4.19. The number of hydrogen-bond acceptors (Lipinski definition) is 3. The molecule has 0 aliphatic heterocycles. The number of nitrogens with one attached hydrogen (secondary N) is 1. The maximum absolute atomic E-state index is 12.2. The quantitative estimate of drug-likeness (QED) is 0.542. The summed E-state index contributed by atoms with van der Waals surface area (Å²) in [5, 5.41) is 11.6. The van der Waals surface area contributed by atoms with E-state index in [4.69, 9.17) is 5.10 Å². The number of carbonyl (C=O) groups is 1. The minimum atomic E-state index is -0.245. The second kappa shape index (κ2) is 7.75. The van der Waals surface area contributed by atoms with Crippen LogP contribution in [0.15, 0.2) is 85.2 Å². The molecule has 0 atom stereocenters. The number of benzene rings is 2. The van der Waals surface area contributed by atoms with Crippen molar-refractivity contribution in [2.75, 3.05) is 5.32 Å². The number of anilines is 1. The van der Waals surface area contributed by atoms with Crippen LogP contribution >= 0.6 is 0 Å². The van der Waals surface area contributed by atoms with E-state index < -0.39 is 0 Å². The lowest BCUT2D eigenvalue weighted by atomic mass is 10.1. The van der Waals surface area contributed by atoms with Crippen molar-refractivity contribution in [1.82, 2.24) is 19.6 Å². The molecule has 0 radical (unpaired) electrons. The fourth-order valence-electron chi connectivity index (χ4n) is 2.86. The van der Waals surface area contributed by atoms with Gasteiger partial charge in [0, 0.05) is 42.7 Å². The molecule has 0 aliphatic carbocycles. The molecule has 0 spiro atoms. The summed E-state index contributed by atoms with van der Waals surface area (Å²) in [4.78, 5) is 12.2. The Morgan fingerprint density at radius 1 is 0.964 bits per heavy atom. The van der Waals surface area contributed by atoms with Gasteiger partial charge in [0.1, 0.15) is 0 Å². The van der Waals surface area contributed by atoms with Crippen LogP contribution in [-0.4, -0.2) is 25.5 Å². The van der Waals surface area contributed by atoms with Crippen LogP contribution < -0.4 is 5.32 Å². The van der Waals surface area contributed by atoms with Gasteiger partial charge in [0.25, 0.3) is 0 Å². The van der Waals surface area contributed by atoms with Gasteiger partial charge in [-0.15, -0.1) is 0 Å². The zero-order chi connectivity index (χ0) is 19.3. The summed E-state index contributed by atoms with van der Waals surface area (Å²) in [5.74, 6) is 0.269. The van der Waals surface area contributed by atoms with E-state index in [-0.39, 0.29) is 5.91 Å². The maximum Gasteiger partial charge on any atom is 0.249 e. The summed E-state index contributed by atoms with van der Waals surface area (Å²) in [6.45, 7) is 0. The molecule has 6 heteroatoms. The van der Waals surface area contributed by atoms with E-state index in [1.165, 1.54) is 6.08 Å². The van der Waals surface area contributed by atoms with E-state index in [0.717, 1.165) is 22.5 Å². The van der Waals surface area contributed by atoms with E-state index in [1.54, 1.807) is 30.1 Å². The number of aryl methyl sites for hydroxylation is 1. The first-order valence-corrected chi connectivity index (χ1v) is 8.88. The summed E-state index contributed by atoms with van der Waals surface area (Å²) >= 11 is 0. The molecule has 2 heterocycles. The number of aromatic nitrogens is 4. The number of hydrogen-bond donors (Lipinski definition) is 1. The summed E-state index contributed by atoms with van der Waals surface area (Å²) in [6.07, 6.45) is 6.96. The molecule has 1 N–H and O–H groups in total. The monoisotopic (exact) mass is 369 g/mol. The van der Waals surface area contributed by atoms with Crippen molar-refractivity contribution in [1.29, 1.82) is 0 Å². The average Bonchev–Trinajstić information content (AvgIpc) is 3.34. The Labute approximate surface area is 162 Å². The van der Waals surface area contributed by atoms with Gasteiger partial charge in [-0.25, -0.2) is 4.68 Å². The highest BCUT2D eigenvalue weighted by Gasteiger charge is 2.11. The first-order chi connectivity index (χ1) is 13.7. The normalized spacial score (nSPS) is 11.0. The second-order valence-electron chi connectivity index (χ2n) is 6.28. The van der Waals surface area contributed by atoms with Gasteiger partial charge in [-0.05, 0) is 18.2 Å². The number of nitrogens with zero attached hydrogens (tertiary/aromatic N) is 4. The van der Waals surface area contributed by atoms with Gasteiger partial charge in [0.2, 0.25) is 5.91 Å². The second-order valence-corrected chi connectivity index (χ2v) is 6.28. The van der Waals surface area contributed by atoms with E-state index in [1.807, 2.05) is 71.5 Å². The Morgan fingerprint density at radius 3 is 2.36 bits per heavy atom. The van der Waals surface area contributed by atoms with Crippen LogP contribution in [0.3, 0.4) is 0 Å². The molecule has 0 unspecified atom stereocenters. The minimum Gasteiger partial charge on any atom is -0.306 e. The smallest absolute Gasteiger partial charge is 0.249 e. The highest BCUT2D eigenvalue weighted by Crippen LogP contribution is 2.24. The highest BCUT2D eigenvalue weighted by molar-refractivity contribution is 6.01. The molecule has 4 aromatic rings. The summed E-state index contributed by atoms with van der Waals surface area (Å²) < 4.78 is 3.45. The first kappa shape index (κ1) is 17.5. The molecule has 0 fully saturated rings. The van der Waals surface area contributed by atoms with Gasteiger partial charge in [-0.1, -0.05) is 48.5 Å². The van der Waals surface area contributed by atoms with Crippen LogP contribution in [0.5, 0.6) is 0 Å². The minimum absolute atomic E-state index is 0.245. The van der Waals surface area contributed by atoms with Crippen LogP contribution in [0.1, 0.15) is 5.56 Å². The number of rotatable bonds is 5. The Morgan fingerprint density at radius 2 is 1.68 bits per heavy atom. The van der Waals surface area contributed by atoms with Gasteiger partial charge in [-0.3, -0.25) is 9.48 Å². The van der Waals surface area contributed by atoms with Crippen LogP contribution in [0.25, 0.3) is 23.0 Å². The Balaban J connectivity index is 1.64. The van der Waals surface area contributed by atoms with E-state index >= 15 is 0 Å². The average molecular weight is 369 g/mol. The Bertz CT molecular complexity index is 1110. The molecule has 4 rings (SSSR count). The van der Waals surface area contributed by atoms with E-state index in [9.17, 15) is 4.79 Å². The van der Waals surface area contributed by atoms with Gasteiger partial charge in [0.05, 0.1) is 11.4 Å². The number of amides is 1. The van der Waals surface area contributed by atoms with Crippen molar-refractivity contribution in [3.05, 3.63) is 90.8 Å². The van der Waals surface area contributed by atoms with Gasteiger partial charge < -0.3 is 5.32 Å². The standard InChI is InChI=1S/C22H19N5O/c1-26-15-14-20(24-26)23-21(28)13-12-18-16-27(19-10-6-3-7-11-19)25-22(18)17-8-4-2-5-9-17/h2-16H,1H3,(H,23,24,28)/b13-12+. The number of para-hydroxylation sites is 1. The molecule has 6 nitrogen and oxygen atoms in total. The van der Waals surface area contributed by atoms with E-state index in [2.05, 4.69) is 10.4 Å². The molecule has 0 aliphatic rings. The number of carbonyl (C=O) groups excluding carboxylic acids is 1. The molecule has 2 aromatic carbocycles. The van der Waals surface area contributed by atoms with Crippen molar-refractivity contribution < 1.29 is 4.79 Å². The van der Waals surface area contributed by atoms with Crippen LogP contribution in [-0.2, 0) is 11.8 Å². The SMILES string of the molecule is Cn1ccc(NC(=O)/C=C/c2cn(-c3ccccc3)nc2-c2ccccc2)n1. The third kappa shape index (κ3) is 3.91. The highest BCUT2D eigenvalue weighted by atomic mass is 16.1. The summed E-state index contributed by atoms with van der Waals surface area (Å²) in [7, 11) is 1.80. The van der Waals surface area contributed by atoms with Gasteiger partial charge in [0.15, 0.2) is 5.82 Å². The molecule has 0 saturated heterocycles. The summed E-state index contributed by atoms with van der Waals surface area (Å²) in [5.41, 5.74) is 3.61. The Hall–Kier alpha value is -3.93. The van der Waals surface area contributed by atoms with Crippen LogP contribution in [0.2, 0.25) is 0 Å². The van der Waals surface area contributed by atoms with Crippen molar-refractivity contribution in [2.45, 2.75) is 0 Å². The maximum atomic E-state index is 12.2. The topological polar surface area (TPSA) is 64.7 Å². The van der Waals surface area contributed by atoms with Crippen LogP contribution in [0.4, 0.5) is 5.82 Å². The molecule has 2 aromatic heterocycles. The van der Waals surface area contributed by atoms with Gasteiger partial charge >= 0.3 is 0 Å². The molecule has 138 valence electrons. The lowest BCUT2D eigenvalue weighted by Gasteiger charge is -2.00. The molecule has 1 amide bonds. The molecular weight excluding hydrogens is 350 g/mol. The lowest BCUT2D eigenvalue weighted by Crippen LogP contribution is -2.08. The van der Waals surface area contributed by atoms with Crippen molar-refractivity contribution >= 4 is 17.8 Å². The molecule has 0 saturated carbocycles. The zero-order valence-corrected chi connectivity index (χ0v) is 15.4. The summed E-state index contributed by atoms with van der Waals surface area (Å²) in [6, 6.07) is 21.5. The van der Waals surface area contributed by atoms with Crippen molar-refractivity contribution in [3.8, 4) is 16.9 Å². The zero-order valence-electron chi connectivity index (χ0n) is 15.4. The first-order valence-electron chi connectivity index (χ1n) is 8.88. The molecule has 28 heavy (non-hydrogen) atoms. The van der Waals surface area contributed by atoms with Crippen molar-refractivity contribution in [3.63, 3.8) is 0 Å². The molecular formula is C22H19N5O. The fraction of sp³-hybridized carbons (Fsp3) is 0.0455. The van der Waals surface area contributed by atoms with Gasteiger partial charge in [-0.2, -0.15) is 10.2 Å². The predicted octanol–water partition coefficient (Wildman–Crippen LogP) is 3.92. The van der Waals surface area contributed by atoms with E-state index in [0.29, 0.717) is 5.82 Å². The Kier molecular flexibility index (Phi) is 4.84. The third-order valence-corrected chi connectivity index (χ3v) is 4.19. The molecule has 0 bridgehead atoms. The van der Waals surface area contributed by atoms with Crippen LogP contribution in [0, 0.1) is 0 Å². The lowest BCUT2D eigenvalue weighted by molar-refractivity contribution is -0.111. The predicted molar refractivity (Wildman–Crippen MR) is 110 cm³/mol. The fourth-order valence-corrected chi connectivity index (χ4v) is 2.86.